The minimum absolute atomic E-state index is 0.715. The second-order valence-electron chi connectivity index (χ2n) is 5.28. The Morgan fingerprint density at radius 3 is 2.53 bits per heavy atom. The van der Waals surface area contributed by atoms with E-state index in [-0.39, 0.29) is 0 Å². The maximum Gasteiger partial charge on any atom is 0.119 e. The van der Waals surface area contributed by atoms with Crippen LogP contribution < -0.4 is 4.74 Å². The van der Waals surface area contributed by atoms with Crippen LogP contribution in [0.3, 0.4) is 0 Å². The summed E-state index contributed by atoms with van der Waals surface area (Å²) < 4.78 is 8.17. The standard InChI is InChI=1S/C15H23IN2O/c1-13-3-5-15(6-4-13)19-12-11-17(2)14-7-9-18(16)10-8-14/h3-6,14H,7-12H2,1-2H3. The van der Waals surface area contributed by atoms with Gasteiger partial charge in [-0.2, -0.15) is 0 Å². The fourth-order valence-electron chi connectivity index (χ4n) is 2.40. The number of benzene rings is 1. The molecule has 4 heteroatoms. The molecular formula is C15H23IN2O. The van der Waals surface area contributed by atoms with Crippen molar-refractivity contribution in [3.8, 4) is 5.75 Å². The summed E-state index contributed by atoms with van der Waals surface area (Å²) >= 11 is 2.42. The number of halogens is 1. The van der Waals surface area contributed by atoms with Crippen molar-refractivity contribution < 1.29 is 4.74 Å². The number of piperidine rings is 1. The van der Waals surface area contributed by atoms with Crippen molar-refractivity contribution in [2.45, 2.75) is 25.8 Å². The Morgan fingerprint density at radius 2 is 1.89 bits per heavy atom. The Labute approximate surface area is 130 Å². The second-order valence-corrected chi connectivity index (χ2v) is 6.65. The molecule has 1 aromatic carbocycles. The Kier molecular flexibility index (Phi) is 5.91. The Hall–Kier alpha value is -0.330. The van der Waals surface area contributed by atoms with Gasteiger partial charge in [0, 0.05) is 48.5 Å². The lowest BCUT2D eigenvalue weighted by molar-refractivity contribution is 0.152. The number of likely N-dealkylation sites (N-methyl/N-ethyl adjacent to an activating group) is 1. The van der Waals surface area contributed by atoms with E-state index in [0.29, 0.717) is 6.04 Å². The molecule has 3 nitrogen and oxygen atoms in total. The lowest BCUT2D eigenvalue weighted by atomic mass is 10.1. The summed E-state index contributed by atoms with van der Waals surface area (Å²) in [6.07, 6.45) is 2.54. The molecule has 1 aliphatic heterocycles. The Balaban J connectivity index is 1.69. The largest absolute Gasteiger partial charge is 0.492 e. The van der Waals surface area contributed by atoms with Gasteiger partial charge in [0.15, 0.2) is 0 Å². The Morgan fingerprint density at radius 1 is 1.26 bits per heavy atom. The summed E-state index contributed by atoms with van der Waals surface area (Å²) in [7, 11) is 2.21. The second kappa shape index (κ2) is 7.45. The van der Waals surface area contributed by atoms with E-state index in [1.807, 2.05) is 12.1 Å². The minimum Gasteiger partial charge on any atom is -0.492 e. The highest BCUT2D eigenvalue weighted by Crippen LogP contribution is 2.18. The number of hydrogen-bond donors (Lipinski definition) is 0. The van der Waals surface area contributed by atoms with Crippen LogP contribution in [-0.2, 0) is 0 Å². The molecular weight excluding hydrogens is 351 g/mol. The van der Waals surface area contributed by atoms with E-state index in [1.165, 1.54) is 31.5 Å². The van der Waals surface area contributed by atoms with Gasteiger partial charge in [0.25, 0.3) is 0 Å². The van der Waals surface area contributed by atoms with Crippen molar-refractivity contribution in [2.75, 3.05) is 33.3 Å². The average Bonchev–Trinajstić information content (AvgIpc) is 2.41. The molecule has 19 heavy (non-hydrogen) atoms. The zero-order valence-electron chi connectivity index (χ0n) is 11.8. The maximum atomic E-state index is 5.79. The highest BCUT2D eigenvalue weighted by molar-refractivity contribution is 14.1. The van der Waals surface area contributed by atoms with Gasteiger partial charge in [-0.3, -0.25) is 4.90 Å². The van der Waals surface area contributed by atoms with Gasteiger partial charge < -0.3 is 4.74 Å². The highest BCUT2D eigenvalue weighted by atomic mass is 127. The first kappa shape index (κ1) is 15.1. The quantitative estimate of drug-likeness (QED) is 0.582. The van der Waals surface area contributed by atoms with E-state index < -0.39 is 0 Å². The number of ether oxygens (including phenoxy) is 1. The van der Waals surface area contributed by atoms with Gasteiger partial charge in [0.05, 0.1) is 0 Å². The van der Waals surface area contributed by atoms with Crippen molar-refractivity contribution >= 4 is 22.9 Å². The summed E-state index contributed by atoms with van der Waals surface area (Å²) in [6, 6.07) is 8.99. The molecule has 1 heterocycles. The van der Waals surface area contributed by atoms with Crippen LogP contribution in [0.4, 0.5) is 0 Å². The summed E-state index contributed by atoms with van der Waals surface area (Å²) in [5, 5.41) is 0. The average molecular weight is 374 g/mol. The molecule has 0 aromatic heterocycles. The molecule has 0 spiro atoms. The van der Waals surface area contributed by atoms with Gasteiger partial charge in [-0.15, -0.1) is 0 Å². The Bertz CT molecular complexity index is 374. The van der Waals surface area contributed by atoms with E-state index in [1.54, 1.807) is 0 Å². The third kappa shape index (κ3) is 4.93. The van der Waals surface area contributed by atoms with Crippen molar-refractivity contribution in [3.05, 3.63) is 29.8 Å². The zero-order valence-corrected chi connectivity index (χ0v) is 14.0. The fraction of sp³-hybridized carbons (Fsp3) is 0.600. The van der Waals surface area contributed by atoms with Gasteiger partial charge in [-0.25, -0.2) is 3.11 Å². The first-order valence-corrected chi connectivity index (χ1v) is 7.92. The fourth-order valence-corrected chi connectivity index (χ4v) is 2.96. The van der Waals surface area contributed by atoms with Crippen molar-refractivity contribution in [3.63, 3.8) is 0 Å². The van der Waals surface area contributed by atoms with Crippen LogP contribution in [0.1, 0.15) is 18.4 Å². The molecule has 1 saturated heterocycles. The van der Waals surface area contributed by atoms with Crippen LogP contribution in [0.25, 0.3) is 0 Å². The number of rotatable bonds is 5. The molecule has 0 N–H and O–H groups in total. The first-order valence-electron chi connectivity index (χ1n) is 6.95. The van der Waals surface area contributed by atoms with Crippen molar-refractivity contribution in [1.82, 2.24) is 8.01 Å². The molecule has 1 aliphatic rings. The van der Waals surface area contributed by atoms with E-state index in [0.717, 1.165) is 18.9 Å². The van der Waals surface area contributed by atoms with E-state index in [4.69, 9.17) is 4.74 Å². The molecule has 106 valence electrons. The lowest BCUT2D eigenvalue weighted by Gasteiger charge is -2.34. The predicted octanol–water partition coefficient (Wildman–Crippen LogP) is 3.12. The zero-order chi connectivity index (χ0) is 13.7. The topological polar surface area (TPSA) is 15.7 Å². The molecule has 2 rings (SSSR count). The van der Waals surface area contributed by atoms with Crippen LogP contribution in [-0.4, -0.2) is 47.3 Å². The monoisotopic (exact) mass is 374 g/mol. The third-order valence-corrected chi connectivity index (χ3v) is 4.73. The molecule has 0 amide bonds. The summed E-state index contributed by atoms with van der Waals surface area (Å²) in [5.41, 5.74) is 1.27. The maximum absolute atomic E-state index is 5.79. The SMILES string of the molecule is Cc1ccc(OCCN(C)C2CCN(I)CC2)cc1. The molecule has 1 fully saturated rings. The molecule has 0 bridgehead atoms. The van der Waals surface area contributed by atoms with Gasteiger partial charge in [0.1, 0.15) is 12.4 Å². The van der Waals surface area contributed by atoms with Crippen LogP contribution >= 0.6 is 22.9 Å². The normalized spacial score (nSPS) is 17.9. The van der Waals surface area contributed by atoms with Gasteiger partial charge in [-0.1, -0.05) is 17.7 Å². The number of nitrogens with zero attached hydrogens (tertiary/aromatic N) is 2. The molecule has 0 saturated carbocycles. The van der Waals surface area contributed by atoms with Crippen LogP contribution in [0.2, 0.25) is 0 Å². The van der Waals surface area contributed by atoms with E-state index in [2.05, 4.69) is 57.0 Å². The summed E-state index contributed by atoms with van der Waals surface area (Å²) in [5.74, 6) is 0.973. The number of aryl methyl sites for hydroxylation is 1. The smallest absolute Gasteiger partial charge is 0.119 e. The predicted molar refractivity (Wildman–Crippen MR) is 87.9 cm³/mol. The lowest BCUT2D eigenvalue weighted by Crippen LogP contribution is -2.41. The number of hydrogen-bond acceptors (Lipinski definition) is 3. The first-order chi connectivity index (χ1) is 9.15. The van der Waals surface area contributed by atoms with Gasteiger partial charge >= 0.3 is 0 Å². The van der Waals surface area contributed by atoms with Crippen LogP contribution in [0, 0.1) is 6.92 Å². The third-order valence-electron chi connectivity index (χ3n) is 3.77. The van der Waals surface area contributed by atoms with Crippen molar-refractivity contribution in [1.29, 1.82) is 0 Å². The van der Waals surface area contributed by atoms with Gasteiger partial charge in [0.2, 0.25) is 0 Å². The van der Waals surface area contributed by atoms with Crippen LogP contribution in [0.15, 0.2) is 24.3 Å². The minimum atomic E-state index is 0.715. The van der Waals surface area contributed by atoms with Gasteiger partial charge in [-0.05, 0) is 38.9 Å². The summed E-state index contributed by atoms with van der Waals surface area (Å²) in [6.45, 7) is 6.27. The van der Waals surface area contributed by atoms with Crippen molar-refractivity contribution in [2.24, 2.45) is 0 Å². The molecule has 0 radical (unpaired) electrons. The molecule has 0 unspecified atom stereocenters. The summed E-state index contributed by atoms with van der Waals surface area (Å²) in [4.78, 5) is 2.44. The highest BCUT2D eigenvalue weighted by Gasteiger charge is 2.20. The van der Waals surface area contributed by atoms with E-state index in [9.17, 15) is 0 Å². The molecule has 1 aromatic rings. The van der Waals surface area contributed by atoms with Crippen LogP contribution in [0.5, 0.6) is 5.75 Å². The van der Waals surface area contributed by atoms with E-state index >= 15 is 0 Å². The molecule has 0 aliphatic carbocycles. The molecule has 0 atom stereocenters.